The average molecular weight is 390 g/mol. The molecule has 3 aromatic heterocycles. The van der Waals surface area contributed by atoms with Crippen molar-refractivity contribution >= 4 is 53.5 Å². The number of aromatic amines is 1. The number of hydrogen-bond acceptors (Lipinski definition) is 3. The van der Waals surface area contributed by atoms with Gasteiger partial charge in [0.25, 0.3) is 0 Å². The molecule has 0 atom stereocenters. The van der Waals surface area contributed by atoms with Gasteiger partial charge < -0.3 is 5.32 Å². The number of carbonyl (C=O) groups is 1. The molecule has 3 heterocycles. The van der Waals surface area contributed by atoms with Crippen LogP contribution >= 0.6 is 19.5 Å². The van der Waals surface area contributed by atoms with Crippen molar-refractivity contribution in [3.05, 3.63) is 41.4 Å². The highest BCUT2D eigenvalue weighted by Crippen LogP contribution is 2.40. The summed E-state index contributed by atoms with van der Waals surface area (Å²) in [5.41, 5.74) is 2.75. The van der Waals surface area contributed by atoms with Crippen molar-refractivity contribution in [2.24, 2.45) is 0 Å². The second kappa shape index (κ2) is 6.34. The van der Waals surface area contributed by atoms with Gasteiger partial charge in [0.15, 0.2) is 11.6 Å². The summed E-state index contributed by atoms with van der Waals surface area (Å²) in [6.07, 6.45) is 3.97. The van der Waals surface area contributed by atoms with Crippen molar-refractivity contribution in [1.29, 1.82) is 0 Å². The molecule has 26 heavy (non-hydrogen) atoms. The number of H-pyrrole nitrogens is 1. The van der Waals surface area contributed by atoms with Crippen LogP contribution < -0.4 is 10.6 Å². The van der Waals surface area contributed by atoms with Gasteiger partial charge in [0.05, 0.1) is 22.3 Å². The smallest absolute Gasteiger partial charge is 0.212 e. The van der Waals surface area contributed by atoms with Crippen molar-refractivity contribution < 1.29 is 9.18 Å². The van der Waals surface area contributed by atoms with E-state index in [0.717, 1.165) is 16.5 Å². The molecule has 1 amide bonds. The van der Waals surface area contributed by atoms with E-state index in [1.54, 1.807) is 29.0 Å². The second-order valence-electron chi connectivity index (χ2n) is 5.98. The Kier molecular flexibility index (Phi) is 4.13. The van der Waals surface area contributed by atoms with Gasteiger partial charge in [0, 0.05) is 28.5 Å². The molecule has 0 saturated heterocycles. The number of halogens is 2. The summed E-state index contributed by atoms with van der Waals surface area (Å²) in [6, 6.07) is 5.37. The number of benzene rings is 1. The van der Waals surface area contributed by atoms with Gasteiger partial charge in [-0.3, -0.25) is 9.89 Å². The summed E-state index contributed by atoms with van der Waals surface area (Å²) in [4.78, 5) is 10.6. The highest BCUT2D eigenvalue weighted by Gasteiger charge is 2.22. The van der Waals surface area contributed by atoms with E-state index >= 15 is 0 Å². The van der Waals surface area contributed by atoms with Gasteiger partial charge in [-0.25, -0.2) is 8.91 Å². The quantitative estimate of drug-likeness (QED) is 0.413. The Morgan fingerprint density at radius 2 is 2.19 bits per heavy atom. The lowest BCUT2D eigenvalue weighted by molar-refractivity contribution is -0.105. The first-order valence-electron chi connectivity index (χ1n) is 7.72. The Morgan fingerprint density at radius 1 is 1.38 bits per heavy atom. The summed E-state index contributed by atoms with van der Waals surface area (Å²) >= 11 is 6.43. The highest BCUT2D eigenvalue weighted by atomic mass is 35.5. The van der Waals surface area contributed by atoms with E-state index in [1.807, 2.05) is 19.4 Å². The van der Waals surface area contributed by atoms with E-state index in [0.29, 0.717) is 28.6 Å². The molecule has 4 aromatic rings. The Balaban J connectivity index is 1.98. The van der Waals surface area contributed by atoms with E-state index < -0.39 is 13.7 Å². The fourth-order valence-corrected chi connectivity index (χ4v) is 4.57. The molecule has 6 nitrogen and oxygen atoms in total. The van der Waals surface area contributed by atoms with Crippen molar-refractivity contribution in [2.75, 3.05) is 18.6 Å². The maximum Gasteiger partial charge on any atom is 0.212 e. The zero-order valence-electron chi connectivity index (χ0n) is 13.9. The molecule has 0 unspecified atom stereocenters. The number of aromatic nitrogens is 4. The SMILES string of the molecule is CP(C)c1c(F)c(Cl)c(-c2ccn3nc(NC=O)cc3c2)c2cn[nH]c12. The number of pyridine rings is 1. The third-order valence-electron chi connectivity index (χ3n) is 4.17. The van der Waals surface area contributed by atoms with E-state index in [1.165, 1.54) is 0 Å². The number of nitrogens with one attached hydrogen (secondary N) is 2. The fourth-order valence-electron chi connectivity index (χ4n) is 3.08. The normalized spacial score (nSPS) is 11.6. The maximum atomic E-state index is 15.0. The summed E-state index contributed by atoms with van der Waals surface area (Å²) in [5, 5.41) is 15.2. The van der Waals surface area contributed by atoms with Crippen LogP contribution in [0.2, 0.25) is 5.02 Å². The number of anilines is 1. The van der Waals surface area contributed by atoms with Gasteiger partial charge in [0.2, 0.25) is 6.41 Å². The van der Waals surface area contributed by atoms with Crippen LogP contribution in [0, 0.1) is 5.82 Å². The maximum absolute atomic E-state index is 15.0. The zero-order chi connectivity index (χ0) is 18.4. The molecule has 0 fully saturated rings. The molecule has 0 spiro atoms. The van der Waals surface area contributed by atoms with E-state index in [-0.39, 0.29) is 5.02 Å². The molecule has 4 rings (SSSR count). The molecule has 132 valence electrons. The second-order valence-corrected chi connectivity index (χ2v) is 8.60. The minimum atomic E-state index is -0.703. The molecule has 1 aromatic carbocycles. The first-order valence-corrected chi connectivity index (χ1v) is 10.3. The fraction of sp³-hybridized carbons (Fsp3) is 0.118. The Hall–Kier alpha value is -2.50. The topological polar surface area (TPSA) is 75.1 Å². The molecule has 2 N–H and O–H groups in total. The first kappa shape index (κ1) is 16.9. The van der Waals surface area contributed by atoms with Crippen LogP contribution in [0.1, 0.15) is 0 Å². The molecule has 9 heteroatoms. The summed E-state index contributed by atoms with van der Waals surface area (Å²) in [7, 11) is -0.703. The van der Waals surface area contributed by atoms with Gasteiger partial charge in [0.1, 0.15) is 0 Å². The predicted molar refractivity (Wildman–Crippen MR) is 103 cm³/mol. The van der Waals surface area contributed by atoms with Gasteiger partial charge in [-0.15, -0.1) is 0 Å². The lowest BCUT2D eigenvalue weighted by Crippen LogP contribution is -2.09. The molecular formula is C17H14ClFN5OP. The summed E-state index contributed by atoms with van der Waals surface area (Å²) in [6.45, 7) is 3.95. The molecule has 0 radical (unpaired) electrons. The van der Waals surface area contributed by atoms with Crippen molar-refractivity contribution in [1.82, 2.24) is 19.8 Å². The molecule has 0 aliphatic carbocycles. The Labute approximate surface area is 154 Å². The van der Waals surface area contributed by atoms with Gasteiger partial charge in [-0.2, -0.15) is 10.2 Å². The monoisotopic (exact) mass is 389 g/mol. The first-order chi connectivity index (χ1) is 12.5. The van der Waals surface area contributed by atoms with Crippen molar-refractivity contribution in [3.63, 3.8) is 0 Å². The number of carbonyl (C=O) groups excluding carboxylic acids is 1. The van der Waals surface area contributed by atoms with Crippen LogP contribution in [0.25, 0.3) is 27.5 Å². The Morgan fingerprint density at radius 3 is 2.92 bits per heavy atom. The number of hydrogen-bond donors (Lipinski definition) is 2. The lowest BCUT2D eigenvalue weighted by Gasteiger charge is -2.15. The van der Waals surface area contributed by atoms with Crippen molar-refractivity contribution in [2.45, 2.75) is 0 Å². The number of fused-ring (bicyclic) bond motifs is 2. The molecule has 0 aliphatic rings. The van der Waals surface area contributed by atoms with Crippen LogP contribution in [0.15, 0.2) is 30.6 Å². The van der Waals surface area contributed by atoms with E-state index in [2.05, 4.69) is 20.6 Å². The van der Waals surface area contributed by atoms with Gasteiger partial charge >= 0.3 is 0 Å². The standard InChI is InChI=1S/C17H14ClFN5OP/c1-26(2)17-15(19)14(18)13(11-7-21-22-16(11)17)9-3-4-24-10(5-9)6-12(23-24)20-8-25/h3-8H,1-2H3,(H,21,22)(H,20,23,25). The molecule has 0 saturated carbocycles. The van der Waals surface area contributed by atoms with E-state index in [4.69, 9.17) is 11.6 Å². The van der Waals surface area contributed by atoms with Crippen LogP contribution in [0.5, 0.6) is 0 Å². The number of nitrogens with zero attached hydrogens (tertiary/aromatic N) is 3. The van der Waals surface area contributed by atoms with Crippen LogP contribution in [0.3, 0.4) is 0 Å². The van der Waals surface area contributed by atoms with Crippen LogP contribution in [0.4, 0.5) is 10.2 Å². The molecule has 0 bridgehead atoms. The third-order valence-corrected chi connectivity index (χ3v) is 5.84. The minimum Gasteiger partial charge on any atom is -0.312 e. The van der Waals surface area contributed by atoms with Crippen LogP contribution in [-0.2, 0) is 4.79 Å². The molecule has 0 aliphatic heterocycles. The zero-order valence-corrected chi connectivity index (χ0v) is 15.6. The summed E-state index contributed by atoms with van der Waals surface area (Å²) in [5.74, 6) is 0.0204. The van der Waals surface area contributed by atoms with Gasteiger partial charge in [-0.1, -0.05) is 19.5 Å². The highest BCUT2D eigenvalue weighted by molar-refractivity contribution is 7.64. The minimum absolute atomic E-state index is 0.0835. The van der Waals surface area contributed by atoms with Crippen molar-refractivity contribution in [3.8, 4) is 11.1 Å². The van der Waals surface area contributed by atoms with Gasteiger partial charge in [-0.05, 0) is 31.0 Å². The van der Waals surface area contributed by atoms with Crippen LogP contribution in [-0.4, -0.2) is 39.6 Å². The lowest BCUT2D eigenvalue weighted by atomic mass is 10.0. The number of amides is 1. The third kappa shape index (κ3) is 2.55. The largest absolute Gasteiger partial charge is 0.312 e. The summed E-state index contributed by atoms with van der Waals surface area (Å²) < 4.78 is 16.6. The molecular weight excluding hydrogens is 376 g/mol. The predicted octanol–water partition coefficient (Wildman–Crippen LogP) is 3.61. The number of rotatable bonds is 4. The van der Waals surface area contributed by atoms with E-state index in [9.17, 15) is 9.18 Å². The average Bonchev–Trinajstić information content (AvgIpc) is 3.21. The Bertz CT molecular complexity index is 1150.